The van der Waals surface area contributed by atoms with Gasteiger partial charge in [0.1, 0.15) is 0 Å². The topological polar surface area (TPSA) is 84.6 Å². The number of nitro benzene ring substituents is 1. The van der Waals surface area contributed by atoms with Gasteiger partial charge in [0.05, 0.1) is 34.0 Å². The second-order valence-electron chi connectivity index (χ2n) is 5.77. The highest BCUT2D eigenvalue weighted by molar-refractivity contribution is 6.17. The van der Waals surface area contributed by atoms with Crippen molar-refractivity contribution < 1.29 is 22.9 Å². The first-order valence-electron chi connectivity index (χ1n) is 7.49. The highest BCUT2D eigenvalue weighted by atomic mass is 19.4. The Hall–Kier alpha value is -3.23. The molecule has 2 aromatic carbocycles. The van der Waals surface area contributed by atoms with E-state index in [-0.39, 0.29) is 34.8 Å². The smallest absolute Gasteiger partial charge is 0.324 e. The Morgan fingerprint density at radius 1 is 1.23 bits per heavy atom. The number of aryl methyl sites for hydroxylation is 1. The van der Waals surface area contributed by atoms with Gasteiger partial charge in [0.15, 0.2) is 0 Å². The number of nitro groups is 1. The van der Waals surface area contributed by atoms with Gasteiger partial charge in [0.25, 0.3) is 5.69 Å². The van der Waals surface area contributed by atoms with Crippen molar-refractivity contribution >= 4 is 28.7 Å². The van der Waals surface area contributed by atoms with Crippen molar-refractivity contribution in [2.45, 2.75) is 19.5 Å². The lowest BCUT2D eigenvalue weighted by molar-refractivity contribution is -0.384. The molecule has 9 heteroatoms. The van der Waals surface area contributed by atoms with Gasteiger partial charge in [0, 0.05) is 17.7 Å². The third-order valence-corrected chi connectivity index (χ3v) is 3.90. The van der Waals surface area contributed by atoms with Gasteiger partial charge in [-0.05, 0) is 24.6 Å². The van der Waals surface area contributed by atoms with E-state index in [1.54, 1.807) is 6.07 Å². The molecule has 0 fully saturated rings. The molecule has 0 bridgehead atoms. The Bertz CT molecular complexity index is 952. The number of anilines is 1. The fourth-order valence-electron chi connectivity index (χ4n) is 2.69. The molecule has 1 aliphatic heterocycles. The van der Waals surface area contributed by atoms with Gasteiger partial charge >= 0.3 is 6.18 Å². The zero-order valence-corrected chi connectivity index (χ0v) is 13.4. The zero-order valence-electron chi connectivity index (χ0n) is 13.4. The normalized spacial score (nSPS) is 14.2. The van der Waals surface area contributed by atoms with E-state index in [0.717, 1.165) is 6.07 Å². The molecule has 26 heavy (non-hydrogen) atoms. The Balaban J connectivity index is 2.13. The zero-order chi connectivity index (χ0) is 19.1. The van der Waals surface area contributed by atoms with Crippen LogP contribution in [0.2, 0.25) is 0 Å². The number of hydrogen-bond donors (Lipinski definition) is 1. The maximum absolute atomic E-state index is 13.1. The summed E-state index contributed by atoms with van der Waals surface area (Å²) < 4.78 is 39.2. The molecule has 1 heterocycles. The van der Waals surface area contributed by atoms with Crippen LogP contribution in [0.15, 0.2) is 41.4 Å². The van der Waals surface area contributed by atoms with E-state index in [4.69, 9.17) is 0 Å². The van der Waals surface area contributed by atoms with Crippen LogP contribution in [0.4, 0.5) is 30.2 Å². The Morgan fingerprint density at radius 3 is 2.62 bits per heavy atom. The van der Waals surface area contributed by atoms with E-state index in [1.165, 1.54) is 31.2 Å². The third-order valence-electron chi connectivity index (χ3n) is 3.90. The number of alkyl halides is 3. The van der Waals surface area contributed by atoms with E-state index in [9.17, 15) is 28.1 Å². The van der Waals surface area contributed by atoms with Gasteiger partial charge in [-0.3, -0.25) is 19.9 Å². The van der Waals surface area contributed by atoms with Gasteiger partial charge in [-0.2, -0.15) is 13.2 Å². The van der Waals surface area contributed by atoms with E-state index in [0.29, 0.717) is 5.56 Å². The predicted molar refractivity (Wildman–Crippen MR) is 88.7 cm³/mol. The van der Waals surface area contributed by atoms with Crippen LogP contribution >= 0.6 is 0 Å². The molecule has 0 saturated heterocycles. The number of fused-ring (bicyclic) bond motifs is 1. The highest BCUT2D eigenvalue weighted by Gasteiger charge is 2.34. The molecule has 1 aliphatic rings. The van der Waals surface area contributed by atoms with Gasteiger partial charge in [-0.15, -0.1) is 0 Å². The van der Waals surface area contributed by atoms with Crippen LogP contribution in [0.3, 0.4) is 0 Å². The molecule has 0 spiro atoms. The Kier molecular flexibility index (Phi) is 4.23. The lowest BCUT2D eigenvalue weighted by Crippen LogP contribution is -2.15. The summed E-state index contributed by atoms with van der Waals surface area (Å²) >= 11 is 0. The van der Waals surface area contributed by atoms with Crippen LogP contribution in [-0.4, -0.2) is 16.5 Å². The molecule has 3 rings (SSSR count). The van der Waals surface area contributed by atoms with Crippen LogP contribution < -0.4 is 5.32 Å². The molecule has 0 radical (unpaired) electrons. The molecule has 0 saturated carbocycles. The lowest BCUT2D eigenvalue weighted by Gasteiger charge is -2.13. The standard InChI is InChI=1S/C17H12F3N3O3/c1-9-5-14-15(7-12(9)17(18,19)20)22-16(24)8-13(21-14)10-3-2-4-11(6-10)23(25)26/h2-7H,8H2,1H3,(H,22,24). The largest absolute Gasteiger partial charge is 0.416 e. The quantitative estimate of drug-likeness (QED) is 0.634. The van der Waals surface area contributed by atoms with Crippen LogP contribution in [-0.2, 0) is 11.0 Å². The molecular weight excluding hydrogens is 351 g/mol. The van der Waals surface area contributed by atoms with Gasteiger partial charge in [-0.25, -0.2) is 0 Å². The fraction of sp³-hybridized carbons (Fsp3) is 0.176. The van der Waals surface area contributed by atoms with E-state index < -0.39 is 22.6 Å². The van der Waals surface area contributed by atoms with Crippen molar-refractivity contribution in [3.8, 4) is 0 Å². The van der Waals surface area contributed by atoms with E-state index in [2.05, 4.69) is 10.3 Å². The number of non-ortho nitro benzene ring substituents is 1. The number of halogens is 3. The molecule has 6 nitrogen and oxygen atoms in total. The molecule has 0 atom stereocenters. The number of carbonyl (C=O) groups excluding carboxylic acids is 1. The SMILES string of the molecule is Cc1cc2c(cc1C(F)(F)F)NC(=O)CC(c1cccc([N+](=O)[O-])c1)=N2. The first-order valence-corrected chi connectivity index (χ1v) is 7.49. The summed E-state index contributed by atoms with van der Waals surface area (Å²) in [5, 5.41) is 13.3. The number of nitrogens with one attached hydrogen (secondary N) is 1. The molecule has 0 aliphatic carbocycles. The number of carbonyl (C=O) groups is 1. The number of nitrogens with zero attached hydrogens (tertiary/aromatic N) is 2. The molecule has 0 unspecified atom stereocenters. The maximum Gasteiger partial charge on any atom is 0.416 e. The molecule has 0 aromatic heterocycles. The minimum atomic E-state index is -4.55. The number of amides is 1. The summed E-state index contributed by atoms with van der Waals surface area (Å²) in [5.74, 6) is -0.550. The molecule has 2 aromatic rings. The molecule has 1 amide bonds. The minimum Gasteiger partial charge on any atom is -0.324 e. The summed E-state index contributed by atoms with van der Waals surface area (Å²) in [7, 11) is 0. The predicted octanol–water partition coefficient (Wildman–Crippen LogP) is 4.39. The van der Waals surface area contributed by atoms with Crippen LogP contribution in [0.1, 0.15) is 23.1 Å². The van der Waals surface area contributed by atoms with Gasteiger partial charge in [-0.1, -0.05) is 12.1 Å². The average molecular weight is 363 g/mol. The summed E-state index contributed by atoms with van der Waals surface area (Å²) in [5.41, 5.74) is -0.334. The molecular formula is C17H12F3N3O3. The van der Waals surface area contributed by atoms with Gasteiger partial charge < -0.3 is 5.32 Å². The summed E-state index contributed by atoms with van der Waals surface area (Å²) in [4.78, 5) is 26.7. The van der Waals surface area contributed by atoms with Crippen molar-refractivity contribution in [2.75, 3.05) is 5.32 Å². The average Bonchev–Trinajstić information content (AvgIpc) is 2.71. The van der Waals surface area contributed by atoms with Crippen molar-refractivity contribution in [1.82, 2.24) is 0 Å². The Morgan fingerprint density at radius 2 is 1.96 bits per heavy atom. The fourth-order valence-corrected chi connectivity index (χ4v) is 2.69. The van der Waals surface area contributed by atoms with Crippen molar-refractivity contribution in [2.24, 2.45) is 4.99 Å². The first-order chi connectivity index (χ1) is 12.1. The summed E-state index contributed by atoms with van der Waals surface area (Å²) in [6, 6.07) is 7.67. The number of rotatable bonds is 2. The van der Waals surface area contributed by atoms with Crippen molar-refractivity contribution in [1.29, 1.82) is 0 Å². The number of hydrogen-bond acceptors (Lipinski definition) is 4. The van der Waals surface area contributed by atoms with E-state index >= 15 is 0 Å². The minimum absolute atomic E-state index is 0.0328. The highest BCUT2D eigenvalue weighted by Crippen LogP contribution is 2.39. The molecule has 1 N–H and O–H groups in total. The second kappa shape index (κ2) is 6.25. The first kappa shape index (κ1) is 17.6. The Labute approximate surface area is 145 Å². The monoisotopic (exact) mass is 363 g/mol. The maximum atomic E-state index is 13.1. The number of aliphatic imine (C=N–C) groups is 1. The molecule has 134 valence electrons. The van der Waals surface area contributed by atoms with Crippen LogP contribution in [0.5, 0.6) is 0 Å². The third kappa shape index (κ3) is 3.41. The summed E-state index contributed by atoms with van der Waals surface area (Å²) in [6.07, 6.45) is -4.76. The van der Waals surface area contributed by atoms with E-state index in [1.807, 2.05) is 0 Å². The van der Waals surface area contributed by atoms with Crippen LogP contribution in [0.25, 0.3) is 0 Å². The second-order valence-corrected chi connectivity index (χ2v) is 5.77. The number of benzene rings is 2. The van der Waals surface area contributed by atoms with Crippen molar-refractivity contribution in [3.05, 3.63) is 63.2 Å². The van der Waals surface area contributed by atoms with Crippen LogP contribution in [0, 0.1) is 17.0 Å². The van der Waals surface area contributed by atoms with Gasteiger partial charge in [0.2, 0.25) is 5.91 Å². The summed E-state index contributed by atoms with van der Waals surface area (Å²) in [6.45, 7) is 1.30. The lowest BCUT2D eigenvalue weighted by atomic mass is 10.1. The van der Waals surface area contributed by atoms with Crippen molar-refractivity contribution in [3.63, 3.8) is 0 Å².